The summed E-state index contributed by atoms with van der Waals surface area (Å²) in [4.78, 5) is 15.4. The van der Waals surface area contributed by atoms with Crippen LogP contribution in [0.1, 0.15) is 59.3 Å². The van der Waals surface area contributed by atoms with Crippen LogP contribution in [0.3, 0.4) is 0 Å². The number of rotatable bonds is 6. The molecule has 2 aliphatic rings. The van der Waals surface area contributed by atoms with Crippen LogP contribution in [-0.2, 0) is 12.8 Å². The number of benzene rings is 3. The van der Waals surface area contributed by atoms with Crippen molar-refractivity contribution in [2.75, 3.05) is 13.1 Å². The molecule has 3 unspecified atom stereocenters. The molecule has 0 saturated carbocycles. The zero-order chi connectivity index (χ0) is 25.1. The van der Waals surface area contributed by atoms with E-state index in [1.165, 1.54) is 12.8 Å². The summed E-state index contributed by atoms with van der Waals surface area (Å²) in [7, 11) is 0. The fourth-order valence-corrected chi connectivity index (χ4v) is 5.44. The third-order valence-electron chi connectivity index (χ3n) is 7.45. The Balaban J connectivity index is 1.35. The lowest BCUT2D eigenvalue weighted by atomic mass is 9.88. The largest absolute Gasteiger partial charge is 0.508 e. The summed E-state index contributed by atoms with van der Waals surface area (Å²) < 4.78 is 6.22. The van der Waals surface area contributed by atoms with Crippen LogP contribution in [0.15, 0.2) is 66.7 Å². The van der Waals surface area contributed by atoms with Gasteiger partial charge in [0.25, 0.3) is 5.91 Å². The number of piperidine rings is 1. The third-order valence-corrected chi connectivity index (χ3v) is 7.45. The molecule has 36 heavy (non-hydrogen) atoms. The Hall–Kier alpha value is -3.51. The van der Waals surface area contributed by atoms with E-state index in [4.69, 9.17) is 4.74 Å². The predicted octanol–water partition coefficient (Wildman–Crippen LogP) is 4.99. The van der Waals surface area contributed by atoms with Crippen molar-refractivity contribution >= 4 is 5.91 Å². The number of carbonyl (C=O) groups is 1. The normalized spacial score (nSPS) is 20.4. The number of phenols is 2. The highest BCUT2D eigenvalue weighted by atomic mass is 16.5. The molecule has 1 amide bonds. The molecule has 0 bridgehead atoms. The first-order valence-electron chi connectivity index (χ1n) is 12.9. The van der Waals surface area contributed by atoms with Gasteiger partial charge in [0.15, 0.2) is 0 Å². The van der Waals surface area contributed by atoms with Crippen molar-refractivity contribution in [3.05, 3.63) is 89.0 Å². The highest BCUT2D eigenvalue weighted by Crippen LogP contribution is 2.35. The number of ether oxygens (including phenoxy) is 1. The number of hydrogen-bond donors (Lipinski definition) is 3. The zero-order valence-electron chi connectivity index (χ0n) is 20.7. The van der Waals surface area contributed by atoms with E-state index < -0.39 is 0 Å². The van der Waals surface area contributed by atoms with Gasteiger partial charge in [-0.25, -0.2) is 0 Å². The fourth-order valence-electron chi connectivity index (χ4n) is 5.44. The minimum Gasteiger partial charge on any atom is -0.508 e. The molecule has 3 atom stereocenters. The van der Waals surface area contributed by atoms with Crippen LogP contribution >= 0.6 is 0 Å². The van der Waals surface area contributed by atoms with Crippen LogP contribution in [0.25, 0.3) is 0 Å². The maximum absolute atomic E-state index is 13.5. The molecular formula is C30H34N2O4. The van der Waals surface area contributed by atoms with E-state index in [-0.39, 0.29) is 29.6 Å². The van der Waals surface area contributed by atoms with Gasteiger partial charge < -0.3 is 25.2 Å². The van der Waals surface area contributed by atoms with E-state index >= 15 is 0 Å². The standard InChI is InChI=1S/C30H34N2O4/c1-20(28-4-2-3-16-31-28)36-26-12-5-21(6-13-26)18-29-27-14-11-25(34)19-23(27)15-17-32(29)30(35)22-7-9-24(33)10-8-22/h5-14,19-20,28-29,31,33-34H,2-4,15-18H2,1H3. The summed E-state index contributed by atoms with van der Waals surface area (Å²) in [5.41, 5.74) is 3.79. The average molecular weight is 487 g/mol. The van der Waals surface area contributed by atoms with E-state index in [1.807, 2.05) is 29.2 Å². The Morgan fingerprint density at radius 3 is 2.50 bits per heavy atom. The summed E-state index contributed by atoms with van der Waals surface area (Å²) >= 11 is 0. The minimum atomic E-state index is -0.159. The van der Waals surface area contributed by atoms with Gasteiger partial charge in [-0.1, -0.05) is 24.6 Å². The van der Waals surface area contributed by atoms with Crippen molar-refractivity contribution in [3.63, 3.8) is 0 Å². The molecule has 3 aromatic rings. The van der Waals surface area contributed by atoms with Crippen molar-refractivity contribution < 1.29 is 19.7 Å². The van der Waals surface area contributed by atoms with E-state index in [0.29, 0.717) is 31.0 Å². The maximum atomic E-state index is 13.5. The first kappa shape index (κ1) is 24.2. The summed E-state index contributed by atoms with van der Waals surface area (Å²) in [6, 6.07) is 20.3. The predicted molar refractivity (Wildman–Crippen MR) is 140 cm³/mol. The summed E-state index contributed by atoms with van der Waals surface area (Å²) in [6.45, 7) is 3.74. The number of amides is 1. The van der Waals surface area contributed by atoms with E-state index in [0.717, 1.165) is 35.4 Å². The molecule has 2 heterocycles. The first-order chi connectivity index (χ1) is 17.5. The second kappa shape index (κ2) is 10.6. The molecule has 3 aromatic carbocycles. The molecule has 0 aromatic heterocycles. The molecule has 1 fully saturated rings. The Bertz CT molecular complexity index is 1190. The second-order valence-corrected chi connectivity index (χ2v) is 9.92. The van der Waals surface area contributed by atoms with Crippen molar-refractivity contribution in [3.8, 4) is 17.2 Å². The number of aromatic hydroxyl groups is 2. The molecule has 1 saturated heterocycles. The van der Waals surface area contributed by atoms with Gasteiger partial charge in [-0.15, -0.1) is 0 Å². The molecule has 2 aliphatic heterocycles. The van der Waals surface area contributed by atoms with Crippen molar-refractivity contribution in [1.82, 2.24) is 10.2 Å². The quantitative estimate of drug-likeness (QED) is 0.457. The number of phenolic OH excluding ortho intramolecular Hbond substituents is 2. The summed E-state index contributed by atoms with van der Waals surface area (Å²) in [5, 5.41) is 23.2. The topological polar surface area (TPSA) is 82.0 Å². The number of hydrogen-bond acceptors (Lipinski definition) is 5. The Morgan fingerprint density at radius 2 is 1.78 bits per heavy atom. The van der Waals surface area contributed by atoms with Gasteiger partial charge in [-0.2, -0.15) is 0 Å². The van der Waals surface area contributed by atoms with Gasteiger partial charge in [0.2, 0.25) is 0 Å². The van der Waals surface area contributed by atoms with Gasteiger partial charge in [-0.3, -0.25) is 4.79 Å². The molecule has 0 radical (unpaired) electrons. The lowest BCUT2D eigenvalue weighted by Gasteiger charge is -2.38. The Morgan fingerprint density at radius 1 is 1.03 bits per heavy atom. The number of nitrogens with zero attached hydrogens (tertiary/aromatic N) is 1. The maximum Gasteiger partial charge on any atom is 0.254 e. The van der Waals surface area contributed by atoms with E-state index in [9.17, 15) is 15.0 Å². The minimum absolute atomic E-state index is 0.0625. The van der Waals surface area contributed by atoms with Gasteiger partial charge >= 0.3 is 0 Å². The Labute approximate surface area is 212 Å². The molecule has 5 rings (SSSR count). The smallest absolute Gasteiger partial charge is 0.254 e. The average Bonchev–Trinajstić information content (AvgIpc) is 2.90. The van der Waals surface area contributed by atoms with Gasteiger partial charge in [0, 0.05) is 18.2 Å². The summed E-state index contributed by atoms with van der Waals surface area (Å²) in [6.07, 6.45) is 5.05. The number of nitrogens with one attached hydrogen (secondary N) is 1. The SMILES string of the molecule is CC(Oc1ccc(CC2c3ccc(O)cc3CCN2C(=O)c2ccc(O)cc2)cc1)C1CCCCN1. The lowest BCUT2D eigenvalue weighted by Crippen LogP contribution is -2.44. The van der Waals surface area contributed by atoms with Crippen LogP contribution in [0.2, 0.25) is 0 Å². The molecule has 188 valence electrons. The highest BCUT2D eigenvalue weighted by Gasteiger charge is 2.32. The van der Waals surface area contributed by atoms with Gasteiger partial charge in [0.05, 0.1) is 6.04 Å². The molecule has 3 N–H and O–H groups in total. The number of carbonyl (C=O) groups excluding carboxylic acids is 1. The van der Waals surface area contributed by atoms with Crippen LogP contribution in [0.5, 0.6) is 17.2 Å². The van der Waals surface area contributed by atoms with E-state index in [2.05, 4.69) is 24.4 Å². The molecule has 6 heteroatoms. The summed E-state index contributed by atoms with van der Waals surface area (Å²) in [5.74, 6) is 1.17. The van der Waals surface area contributed by atoms with Crippen molar-refractivity contribution in [1.29, 1.82) is 0 Å². The zero-order valence-corrected chi connectivity index (χ0v) is 20.7. The van der Waals surface area contributed by atoms with Crippen LogP contribution in [0, 0.1) is 0 Å². The van der Waals surface area contributed by atoms with Gasteiger partial charge in [-0.05, 0) is 104 Å². The van der Waals surface area contributed by atoms with E-state index in [1.54, 1.807) is 30.3 Å². The third kappa shape index (κ3) is 5.34. The van der Waals surface area contributed by atoms with Crippen LogP contribution in [-0.4, -0.2) is 46.3 Å². The fraction of sp³-hybridized carbons (Fsp3) is 0.367. The molecule has 6 nitrogen and oxygen atoms in total. The lowest BCUT2D eigenvalue weighted by molar-refractivity contribution is 0.0660. The highest BCUT2D eigenvalue weighted by molar-refractivity contribution is 5.94. The van der Waals surface area contributed by atoms with Gasteiger partial charge in [0.1, 0.15) is 23.4 Å². The monoisotopic (exact) mass is 486 g/mol. The second-order valence-electron chi connectivity index (χ2n) is 9.92. The number of fused-ring (bicyclic) bond motifs is 1. The van der Waals surface area contributed by atoms with Crippen molar-refractivity contribution in [2.24, 2.45) is 0 Å². The molecule has 0 aliphatic carbocycles. The van der Waals surface area contributed by atoms with Crippen molar-refractivity contribution in [2.45, 2.75) is 57.2 Å². The Kier molecular flexibility index (Phi) is 7.14. The first-order valence-corrected chi connectivity index (χ1v) is 12.9. The van der Waals surface area contributed by atoms with Crippen LogP contribution < -0.4 is 10.1 Å². The molecule has 0 spiro atoms. The molecular weight excluding hydrogens is 452 g/mol. The van der Waals surface area contributed by atoms with Crippen LogP contribution in [0.4, 0.5) is 0 Å².